The molecular weight excluding hydrogens is 275 g/mol. The van der Waals surface area contributed by atoms with Crippen LogP contribution in [-0.2, 0) is 6.61 Å². The van der Waals surface area contributed by atoms with Gasteiger partial charge >= 0.3 is 0 Å². The highest BCUT2D eigenvalue weighted by Crippen LogP contribution is 2.29. The molecule has 2 aromatic carbocycles. The van der Waals surface area contributed by atoms with Crippen molar-refractivity contribution in [3.8, 4) is 5.75 Å². The summed E-state index contributed by atoms with van der Waals surface area (Å²) < 4.78 is 18.4. The van der Waals surface area contributed by atoms with Crippen molar-refractivity contribution in [2.24, 2.45) is 0 Å². The van der Waals surface area contributed by atoms with Crippen LogP contribution in [0.25, 0.3) is 0 Å². The number of anilines is 1. The minimum atomic E-state index is -0.431. The molecular formula is C15H15FN2O3. The van der Waals surface area contributed by atoms with Gasteiger partial charge in [-0.05, 0) is 31.2 Å². The lowest BCUT2D eigenvalue weighted by molar-refractivity contribution is -0.384. The first-order valence-electron chi connectivity index (χ1n) is 6.50. The zero-order valence-electron chi connectivity index (χ0n) is 11.5. The maximum Gasteiger partial charge on any atom is 0.292 e. The highest BCUT2D eigenvalue weighted by Gasteiger charge is 2.16. The zero-order chi connectivity index (χ0) is 15.2. The molecule has 0 bridgehead atoms. The van der Waals surface area contributed by atoms with Gasteiger partial charge in [0.2, 0.25) is 0 Å². The lowest BCUT2D eigenvalue weighted by Crippen LogP contribution is -2.07. The standard InChI is InChI=1S/C15H15FN2O3/c1-2-17-15-11(4-3-5-14(15)18(19)20)10-21-13-8-6-12(16)7-9-13/h3-9,17H,2,10H2,1H3. The first kappa shape index (κ1) is 14.8. The van der Waals surface area contributed by atoms with E-state index in [9.17, 15) is 14.5 Å². The second kappa shape index (κ2) is 6.69. The number of rotatable bonds is 6. The van der Waals surface area contributed by atoms with Crippen LogP contribution in [0.4, 0.5) is 15.8 Å². The first-order valence-corrected chi connectivity index (χ1v) is 6.50. The van der Waals surface area contributed by atoms with Gasteiger partial charge in [-0.15, -0.1) is 0 Å². The summed E-state index contributed by atoms with van der Waals surface area (Å²) in [6, 6.07) is 10.4. The van der Waals surface area contributed by atoms with Gasteiger partial charge in [-0.3, -0.25) is 10.1 Å². The summed E-state index contributed by atoms with van der Waals surface area (Å²) in [6.07, 6.45) is 0. The third-order valence-electron chi connectivity index (χ3n) is 2.89. The summed E-state index contributed by atoms with van der Waals surface area (Å²) in [6.45, 7) is 2.59. The van der Waals surface area contributed by atoms with E-state index in [2.05, 4.69) is 5.32 Å². The average molecular weight is 290 g/mol. The van der Waals surface area contributed by atoms with Crippen LogP contribution in [0.5, 0.6) is 5.75 Å². The van der Waals surface area contributed by atoms with Crippen LogP contribution in [0.15, 0.2) is 42.5 Å². The lowest BCUT2D eigenvalue weighted by Gasteiger charge is -2.12. The van der Waals surface area contributed by atoms with E-state index in [0.717, 1.165) is 0 Å². The minimum Gasteiger partial charge on any atom is -0.489 e. The summed E-state index contributed by atoms with van der Waals surface area (Å²) in [5.41, 5.74) is 1.14. The smallest absolute Gasteiger partial charge is 0.292 e. The van der Waals surface area contributed by atoms with Gasteiger partial charge in [0.25, 0.3) is 5.69 Å². The van der Waals surface area contributed by atoms with Crippen molar-refractivity contribution >= 4 is 11.4 Å². The van der Waals surface area contributed by atoms with E-state index >= 15 is 0 Å². The van der Waals surface area contributed by atoms with Crippen LogP contribution in [0, 0.1) is 15.9 Å². The van der Waals surface area contributed by atoms with E-state index in [4.69, 9.17) is 4.74 Å². The number of halogens is 1. The van der Waals surface area contributed by atoms with Gasteiger partial charge in [0.1, 0.15) is 23.9 Å². The highest BCUT2D eigenvalue weighted by atomic mass is 19.1. The molecule has 2 aromatic rings. The summed E-state index contributed by atoms with van der Waals surface area (Å²) in [5, 5.41) is 14.0. The Morgan fingerprint density at radius 1 is 1.24 bits per heavy atom. The molecule has 0 saturated heterocycles. The van der Waals surface area contributed by atoms with Crippen LogP contribution in [-0.4, -0.2) is 11.5 Å². The molecule has 0 aliphatic carbocycles. The molecule has 0 spiro atoms. The molecule has 0 radical (unpaired) electrons. The molecule has 0 aliphatic rings. The summed E-state index contributed by atoms with van der Waals surface area (Å²) in [7, 11) is 0. The van der Waals surface area contributed by atoms with Crippen LogP contribution < -0.4 is 10.1 Å². The Hall–Kier alpha value is -2.63. The molecule has 0 saturated carbocycles. The van der Waals surface area contributed by atoms with Crippen molar-refractivity contribution in [3.05, 3.63) is 64.0 Å². The Labute approximate surface area is 121 Å². The number of hydrogen-bond acceptors (Lipinski definition) is 4. The molecule has 0 atom stereocenters. The lowest BCUT2D eigenvalue weighted by atomic mass is 10.1. The van der Waals surface area contributed by atoms with Crippen molar-refractivity contribution in [2.75, 3.05) is 11.9 Å². The van der Waals surface area contributed by atoms with E-state index in [1.165, 1.54) is 30.3 Å². The highest BCUT2D eigenvalue weighted by molar-refractivity contribution is 5.66. The fourth-order valence-electron chi connectivity index (χ4n) is 1.93. The van der Waals surface area contributed by atoms with Gasteiger partial charge in [0.05, 0.1) is 4.92 Å². The van der Waals surface area contributed by atoms with Crippen LogP contribution >= 0.6 is 0 Å². The van der Waals surface area contributed by atoms with Gasteiger partial charge in [-0.25, -0.2) is 4.39 Å². The van der Waals surface area contributed by atoms with Gasteiger partial charge in [0.15, 0.2) is 0 Å². The third kappa shape index (κ3) is 3.68. The van der Waals surface area contributed by atoms with Crippen LogP contribution in [0.1, 0.15) is 12.5 Å². The van der Waals surface area contributed by atoms with Crippen LogP contribution in [0.3, 0.4) is 0 Å². The number of nitro benzene ring substituents is 1. The van der Waals surface area contributed by atoms with E-state index in [-0.39, 0.29) is 18.1 Å². The number of ether oxygens (including phenoxy) is 1. The van der Waals surface area contributed by atoms with E-state index < -0.39 is 4.92 Å². The van der Waals surface area contributed by atoms with E-state index in [1.807, 2.05) is 6.92 Å². The van der Waals surface area contributed by atoms with Gasteiger partial charge in [-0.1, -0.05) is 12.1 Å². The van der Waals surface area contributed by atoms with Crippen molar-refractivity contribution in [1.82, 2.24) is 0 Å². The maximum atomic E-state index is 12.8. The normalized spacial score (nSPS) is 10.2. The fourth-order valence-corrected chi connectivity index (χ4v) is 1.93. The molecule has 6 heteroatoms. The molecule has 5 nitrogen and oxygen atoms in total. The summed E-state index contributed by atoms with van der Waals surface area (Å²) in [4.78, 5) is 10.6. The second-order valence-corrected chi connectivity index (χ2v) is 4.34. The Balaban J connectivity index is 2.20. The molecule has 21 heavy (non-hydrogen) atoms. The average Bonchev–Trinajstić information content (AvgIpc) is 2.47. The van der Waals surface area contributed by atoms with Crippen molar-refractivity contribution < 1.29 is 14.1 Å². The molecule has 1 N–H and O–H groups in total. The molecule has 0 aromatic heterocycles. The molecule has 0 unspecified atom stereocenters. The Morgan fingerprint density at radius 2 is 1.95 bits per heavy atom. The minimum absolute atomic E-state index is 0.0112. The first-order chi connectivity index (χ1) is 10.1. The number of hydrogen-bond donors (Lipinski definition) is 1. The molecule has 0 heterocycles. The number of benzene rings is 2. The predicted molar refractivity (Wildman–Crippen MR) is 78.0 cm³/mol. The molecule has 0 amide bonds. The Morgan fingerprint density at radius 3 is 2.57 bits per heavy atom. The van der Waals surface area contributed by atoms with Gasteiger partial charge in [0, 0.05) is 18.2 Å². The summed E-state index contributed by atoms with van der Waals surface area (Å²) >= 11 is 0. The SMILES string of the molecule is CCNc1c(COc2ccc(F)cc2)cccc1[N+](=O)[O-]. The third-order valence-corrected chi connectivity index (χ3v) is 2.89. The van der Waals surface area contributed by atoms with Crippen molar-refractivity contribution in [1.29, 1.82) is 0 Å². The van der Waals surface area contributed by atoms with Gasteiger partial charge < -0.3 is 10.1 Å². The molecule has 0 fully saturated rings. The number of nitrogens with zero attached hydrogens (tertiary/aromatic N) is 1. The van der Waals surface area contributed by atoms with Gasteiger partial charge in [-0.2, -0.15) is 0 Å². The largest absolute Gasteiger partial charge is 0.489 e. The topological polar surface area (TPSA) is 64.4 Å². The van der Waals surface area contributed by atoms with E-state index in [0.29, 0.717) is 23.5 Å². The van der Waals surface area contributed by atoms with Crippen molar-refractivity contribution in [3.63, 3.8) is 0 Å². The maximum absolute atomic E-state index is 12.8. The second-order valence-electron chi connectivity index (χ2n) is 4.34. The van der Waals surface area contributed by atoms with Crippen molar-refractivity contribution in [2.45, 2.75) is 13.5 Å². The molecule has 0 aliphatic heterocycles. The monoisotopic (exact) mass is 290 g/mol. The Kier molecular flexibility index (Phi) is 4.71. The van der Waals surface area contributed by atoms with Crippen LogP contribution in [0.2, 0.25) is 0 Å². The number of nitro groups is 1. The molecule has 2 rings (SSSR count). The Bertz CT molecular complexity index is 629. The fraction of sp³-hybridized carbons (Fsp3) is 0.200. The quantitative estimate of drug-likeness (QED) is 0.650. The zero-order valence-corrected chi connectivity index (χ0v) is 11.5. The number of nitrogens with one attached hydrogen (secondary N) is 1. The number of para-hydroxylation sites is 1. The predicted octanol–water partition coefficient (Wildman–Crippen LogP) is 3.74. The molecule has 110 valence electrons. The summed E-state index contributed by atoms with van der Waals surface area (Å²) in [5.74, 6) is 0.163. The van der Waals surface area contributed by atoms with E-state index in [1.54, 1.807) is 12.1 Å².